The number of rotatable bonds is 8. The summed E-state index contributed by atoms with van der Waals surface area (Å²) in [5, 5.41) is 5.66. The number of amides is 2. The van der Waals surface area contributed by atoms with Crippen LogP contribution < -0.4 is 10.6 Å². The maximum Gasteiger partial charge on any atom is 0.291 e. The third-order valence-electron chi connectivity index (χ3n) is 4.42. The van der Waals surface area contributed by atoms with Crippen molar-refractivity contribution in [3.8, 4) is 0 Å². The molecule has 0 aliphatic carbocycles. The first kappa shape index (κ1) is 19.1. The minimum atomic E-state index is -0.347. The Bertz CT molecular complexity index is 739. The molecule has 1 aliphatic heterocycles. The van der Waals surface area contributed by atoms with Crippen LogP contribution in [0.15, 0.2) is 47.1 Å². The van der Waals surface area contributed by atoms with E-state index in [1.807, 2.05) is 0 Å². The van der Waals surface area contributed by atoms with Crippen LogP contribution in [0.3, 0.4) is 0 Å². The number of hydrogen-bond donors (Lipinski definition) is 2. The van der Waals surface area contributed by atoms with Crippen molar-refractivity contribution in [1.82, 2.24) is 10.2 Å². The monoisotopic (exact) mass is 371 g/mol. The van der Waals surface area contributed by atoms with Gasteiger partial charge in [0.2, 0.25) is 0 Å². The highest BCUT2D eigenvalue weighted by Crippen LogP contribution is 2.13. The van der Waals surface area contributed by atoms with Crippen LogP contribution in [-0.4, -0.2) is 56.1 Å². The molecule has 1 saturated heterocycles. The molecule has 0 bridgehead atoms. The van der Waals surface area contributed by atoms with Crippen LogP contribution in [0.2, 0.25) is 0 Å². The molecule has 1 aromatic heterocycles. The van der Waals surface area contributed by atoms with E-state index in [-0.39, 0.29) is 17.6 Å². The second kappa shape index (κ2) is 9.89. The molecule has 1 aliphatic rings. The fourth-order valence-electron chi connectivity index (χ4n) is 2.93. The van der Waals surface area contributed by atoms with Crippen molar-refractivity contribution in [1.29, 1.82) is 0 Å². The number of unbranched alkanes of at least 4 members (excludes halogenated alkanes) is 1. The highest BCUT2D eigenvalue weighted by atomic mass is 16.5. The lowest BCUT2D eigenvalue weighted by atomic mass is 10.2. The van der Waals surface area contributed by atoms with Gasteiger partial charge in [0.25, 0.3) is 11.8 Å². The molecule has 2 N–H and O–H groups in total. The number of anilines is 1. The van der Waals surface area contributed by atoms with E-state index < -0.39 is 0 Å². The van der Waals surface area contributed by atoms with E-state index in [0.717, 1.165) is 45.7 Å². The Labute approximate surface area is 158 Å². The zero-order valence-corrected chi connectivity index (χ0v) is 15.3. The Morgan fingerprint density at radius 2 is 1.89 bits per heavy atom. The molecule has 1 aromatic carbocycles. The lowest BCUT2D eigenvalue weighted by molar-refractivity contribution is 0.0372. The van der Waals surface area contributed by atoms with E-state index in [1.54, 1.807) is 36.4 Å². The van der Waals surface area contributed by atoms with Gasteiger partial charge in [-0.3, -0.25) is 14.5 Å². The average molecular weight is 371 g/mol. The first-order valence-electron chi connectivity index (χ1n) is 9.25. The summed E-state index contributed by atoms with van der Waals surface area (Å²) in [6.07, 6.45) is 3.41. The molecule has 2 amide bonds. The predicted octanol–water partition coefficient (Wildman–Crippen LogP) is 2.37. The number of benzene rings is 1. The van der Waals surface area contributed by atoms with E-state index in [2.05, 4.69) is 15.5 Å². The minimum absolute atomic E-state index is 0.143. The van der Waals surface area contributed by atoms with Crippen molar-refractivity contribution in [3.05, 3.63) is 54.0 Å². The lowest BCUT2D eigenvalue weighted by Gasteiger charge is -2.26. The molecule has 0 unspecified atom stereocenters. The molecule has 7 nitrogen and oxygen atoms in total. The maximum atomic E-state index is 12.3. The van der Waals surface area contributed by atoms with Gasteiger partial charge in [-0.1, -0.05) is 6.07 Å². The molecular formula is C20H25N3O4. The highest BCUT2D eigenvalue weighted by molar-refractivity contribution is 6.03. The number of hydrogen-bond acceptors (Lipinski definition) is 5. The summed E-state index contributed by atoms with van der Waals surface area (Å²) >= 11 is 0. The predicted molar refractivity (Wildman–Crippen MR) is 102 cm³/mol. The normalized spacial score (nSPS) is 14.7. The Morgan fingerprint density at radius 3 is 2.67 bits per heavy atom. The van der Waals surface area contributed by atoms with Gasteiger partial charge in [0.15, 0.2) is 5.76 Å². The zero-order chi connectivity index (χ0) is 18.9. The maximum absolute atomic E-state index is 12.3. The molecule has 3 rings (SSSR count). The van der Waals surface area contributed by atoms with E-state index >= 15 is 0 Å². The van der Waals surface area contributed by atoms with Gasteiger partial charge in [0, 0.05) is 30.9 Å². The molecule has 27 heavy (non-hydrogen) atoms. The smallest absolute Gasteiger partial charge is 0.291 e. The number of morpholine rings is 1. The van der Waals surface area contributed by atoms with Crippen molar-refractivity contribution in [2.75, 3.05) is 44.7 Å². The Morgan fingerprint density at radius 1 is 1.04 bits per heavy atom. The second-order valence-corrected chi connectivity index (χ2v) is 6.43. The summed E-state index contributed by atoms with van der Waals surface area (Å²) in [5.74, 6) is -0.263. The Hall–Kier alpha value is -2.64. The minimum Gasteiger partial charge on any atom is -0.459 e. The fraction of sp³-hybridized carbons (Fsp3) is 0.400. The molecular weight excluding hydrogens is 346 g/mol. The topological polar surface area (TPSA) is 83.8 Å². The second-order valence-electron chi connectivity index (χ2n) is 6.43. The number of ether oxygens (including phenoxy) is 1. The van der Waals surface area contributed by atoms with Gasteiger partial charge < -0.3 is 19.8 Å². The number of furan rings is 1. The molecule has 1 fully saturated rings. The van der Waals surface area contributed by atoms with Crippen molar-refractivity contribution in [3.63, 3.8) is 0 Å². The number of carbonyl (C=O) groups is 2. The summed E-state index contributed by atoms with van der Waals surface area (Å²) in [6.45, 7) is 5.26. The van der Waals surface area contributed by atoms with Crippen molar-refractivity contribution < 1.29 is 18.7 Å². The third kappa shape index (κ3) is 5.94. The molecule has 0 spiro atoms. The first-order chi connectivity index (χ1) is 13.2. The van der Waals surface area contributed by atoms with Crippen LogP contribution in [0.25, 0.3) is 0 Å². The number of nitrogens with zero attached hydrogens (tertiary/aromatic N) is 1. The Balaban J connectivity index is 1.41. The van der Waals surface area contributed by atoms with Gasteiger partial charge >= 0.3 is 0 Å². The summed E-state index contributed by atoms with van der Waals surface area (Å²) < 4.78 is 10.4. The average Bonchev–Trinajstić information content (AvgIpc) is 3.24. The van der Waals surface area contributed by atoms with E-state index in [4.69, 9.17) is 9.15 Å². The third-order valence-corrected chi connectivity index (χ3v) is 4.42. The summed E-state index contributed by atoms with van der Waals surface area (Å²) in [7, 11) is 0. The largest absolute Gasteiger partial charge is 0.459 e. The first-order valence-corrected chi connectivity index (χ1v) is 9.25. The molecule has 144 valence electrons. The Kier molecular flexibility index (Phi) is 7.01. The van der Waals surface area contributed by atoms with Crippen molar-refractivity contribution in [2.24, 2.45) is 0 Å². The highest BCUT2D eigenvalue weighted by Gasteiger charge is 2.11. The standard InChI is InChI=1S/C20H25N3O4/c24-19(21-8-1-2-9-23-10-13-26-14-11-23)16-5-3-6-17(15-16)22-20(25)18-7-4-12-27-18/h3-7,12,15H,1-2,8-11,13-14H2,(H,21,24)(H,22,25). The van der Waals surface area contributed by atoms with Gasteiger partial charge in [0.1, 0.15) is 0 Å². The molecule has 7 heteroatoms. The summed E-state index contributed by atoms with van der Waals surface area (Å²) in [4.78, 5) is 26.7. The van der Waals surface area contributed by atoms with Crippen molar-refractivity contribution in [2.45, 2.75) is 12.8 Å². The fourth-order valence-corrected chi connectivity index (χ4v) is 2.93. The van der Waals surface area contributed by atoms with Crippen LogP contribution >= 0.6 is 0 Å². The van der Waals surface area contributed by atoms with Gasteiger partial charge in [-0.15, -0.1) is 0 Å². The van der Waals surface area contributed by atoms with Crippen LogP contribution in [0, 0.1) is 0 Å². The van der Waals surface area contributed by atoms with E-state index in [0.29, 0.717) is 17.8 Å². The van der Waals surface area contributed by atoms with Crippen LogP contribution in [0.4, 0.5) is 5.69 Å². The molecule has 2 aromatic rings. The lowest BCUT2D eigenvalue weighted by Crippen LogP contribution is -2.37. The quantitative estimate of drug-likeness (QED) is 0.696. The molecule has 2 heterocycles. The number of carbonyl (C=O) groups excluding carboxylic acids is 2. The van der Waals surface area contributed by atoms with Crippen LogP contribution in [-0.2, 0) is 4.74 Å². The van der Waals surface area contributed by atoms with Gasteiger partial charge in [-0.05, 0) is 49.7 Å². The summed E-state index contributed by atoms with van der Waals surface area (Å²) in [6, 6.07) is 10.1. The summed E-state index contributed by atoms with van der Waals surface area (Å²) in [5.41, 5.74) is 1.07. The number of nitrogens with one attached hydrogen (secondary N) is 2. The van der Waals surface area contributed by atoms with Crippen LogP contribution in [0.1, 0.15) is 33.8 Å². The van der Waals surface area contributed by atoms with Crippen LogP contribution in [0.5, 0.6) is 0 Å². The van der Waals surface area contributed by atoms with Gasteiger partial charge in [-0.25, -0.2) is 0 Å². The molecule has 0 atom stereocenters. The zero-order valence-electron chi connectivity index (χ0n) is 15.3. The SMILES string of the molecule is O=C(NCCCCN1CCOCC1)c1cccc(NC(=O)c2ccco2)c1. The molecule has 0 radical (unpaired) electrons. The van der Waals surface area contributed by atoms with Crippen molar-refractivity contribution >= 4 is 17.5 Å². The molecule has 0 saturated carbocycles. The van der Waals surface area contributed by atoms with Gasteiger partial charge in [0.05, 0.1) is 19.5 Å². The van der Waals surface area contributed by atoms with E-state index in [1.165, 1.54) is 6.26 Å². The van der Waals surface area contributed by atoms with E-state index in [9.17, 15) is 9.59 Å². The van der Waals surface area contributed by atoms with Gasteiger partial charge in [-0.2, -0.15) is 0 Å².